The van der Waals surface area contributed by atoms with Gasteiger partial charge < -0.3 is 5.11 Å². The normalized spacial score (nSPS) is 12.0. The Bertz CT molecular complexity index is 500. The molecule has 2 aromatic heterocycles. The zero-order valence-corrected chi connectivity index (χ0v) is 9.86. The Balaban J connectivity index is 2.18. The number of aliphatic carboxylic acids is 1. The summed E-state index contributed by atoms with van der Waals surface area (Å²) >= 11 is 0. The Kier molecular flexibility index (Phi) is 4.02. The molecule has 92 valence electrons. The highest BCUT2D eigenvalue weighted by molar-refractivity contribution is 5.68. The zero-order valence-electron chi connectivity index (χ0n) is 9.86. The molecule has 0 radical (unpaired) electrons. The van der Waals surface area contributed by atoms with Gasteiger partial charge in [-0.25, -0.2) is 0 Å². The van der Waals surface area contributed by atoms with Crippen molar-refractivity contribution in [3.8, 4) is 0 Å². The van der Waals surface area contributed by atoms with Gasteiger partial charge in [0.15, 0.2) is 0 Å². The lowest BCUT2D eigenvalue weighted by Crippen LogP contribution is -2.09. The van der Waals surface area contributed by atoms with Crippen LogP contribution in [0, 0.1) is 0 Å². The van der Waals surface area contributed by atoms with Crippen molar-refractivity contribution in [2.24, 2.45) is 0 Å². The highest BCUT2D eigenvalue weighted by Crippen LogP contribution is 2.23. The largest absolute Gasteiger partial charge is 0.481 e. The highest BCUT2D eigenvalue weighted by Gasteiger charge is 2.16. The van der Waals surface area contributed by atoms with E-state index in [2.05, 4.69) is 9.97 Å². The molecule has 2 aromatic rings. The van der Waals surface area contributed by atoms with Crippen molar-refractivity contribution < 1.29 is 9.90 Å². The molecule has 18 heavy (non-hydrogen) atoms. The third-order valence-electron chi connectivity index (χ3n) is 2.83. The molecule has 1 unspecified atom stereocenters. The minimum Gasteiger partial charge on any atom is -0.481 e. The Hall–Kier alpha value is -2.23. The molecule has 4 heteroatoms. The Labute approximate surface area is 105 Å². The van der Waals surface area contributed by atoms with Gasteiger partial charge in [0, 0.05) is 24.8 Å². The van der Waals surface area contributed by atoms with E-state index < -0.39 is 5.97 Å². The molecule has 2 heterocycles. The first kappa shape index (κ1) is 12.2. The second-order valence-corrected chi connectivity index (χ2v) is 4.13. The number of rotatable bonds is 5. The molecule has 0 aliphatic carbocycles. The van der Waals surface area contributed by atoms with Crippen LogP contribution in [0.15, 0.2) is 49.1 Å². The summed E-state index contributed by atoms with van der Waals surface area (Å²) in [5, 5.41) is 9.00. The summed E-state index contributed by atoms with van der Waals surface area (Å²) in [5.74, 6) is -0.821. The molecular formula is C14H14N2O2. The Morgan fingerprint density at radius 3 is 2.17 bits per heavy atom. The molecular weight excluding hydrogens is 228 g/mol. The van der Waals surface area contributed by atoms with E-state index in [1.807, 2.05) is 24.3 Å². The standard InChI is InChI=1S/C14H14N2O2/c17-14(18)10-13(12-3-7-16-8-4-12)9-11-1-5-15-6-2-11/h1-8,13H,9-10H2,(H,17,18). The lowest BCUT2D eigenvalue weighted by atomic mass is 9.90. The maximum Gasteiger partial charge on any atom is 0.303 e. The molecule has 0 spiro atoms. The molecule has 4 nitrogen and oxygen atoms in total. The molecule has 0 aliphatic heterocycles. The van der Waals surface area contributed by atoms with E-state index >= 15 is 0 Å². The molecule has 2 rings (SSSR count). The summed E-state index contributed by atoms with van der Waals surface area (Å²) in [7, 11) is 0. The van der Waals surface area contributed by atoms with Crippen LogP contribution in [0.2, 0.25) is 0 Å². The fraction of sp³-hybridized carbons (Fsp3) is 0.214. The summed E-state index contributed by atoms with van der Waals surface area (Å²) in [5.41, 5.74) is 2.09. The van der Waals surface area contributed by atoms with Gasteiger partial charge in [-0.2, -0.15) is 0 Å². The number of pyridine rings is 2. The molecule has 0 saturated heterocycles. The van der Waals surface area contributed by atoms with Crippen LogP contribution >= 0.6 is 0 Å². The van der Waals surface area contributed by atoms with E-state index in [0.29, 0.717) is 6.42 Å². The zero-order chi connectivity index (χ0) is 12.8. The minimum atomic E-state index is -0.786. The van der Waals surface area contributed by atoms with Crippen LogP contribution in [0.5, 0.6) is 0 Å². The van der Waals surface area contributed by atoms with Crippen LogP contribution in [-0.2, 0) is 11.2 Å². The van der Waals surface area contributed by atoms with Gasteiger partial charge in [-0.3, -0.25) is 14.8 Å². The summed E-state index contributed by atoms with van der Waals surface area (Å²) < 4.78 is 0. The Morgan fingerprint density at radius 2 is 1.61 bits per heavy atom. The van der Waals surface area contributed by atoms with Gasteiger partial charge in [0.1, 0.15) is 0 Å². The fourth-order valence-electron chi connectivity index (χ4n) is 1.96. The fourth-order valence-corrected chi connectivity index (χ4v) is 1.96. The van der Waals surface area contributed by atoms with Gasteiger partial charge in [0.25, 0.3) is 0 Å². The maximum atomic E-state index is 10.9. The van der Waals surface area contributed by atoms with Gasteiger partial charge in [0.2, 0.25) is 0 Å². The smallest absolute Gasteiger partial charge is 0.303 e. The Morgan fingerprint density at radius 1 is 1.06 bits per heavy atom. The third-order valence-corrected chi connectivity index (χ3v) is 2.83. The van der Waals surface area contributed by atoms with Crippen LogP contribution in [0.4, 0.5) is 0 Å². The first-order valence-electron chi connectivity index (χ1n) is 5.76. The first-order valence-corrected chi connectivity index (χ1v) is 5.76. The van der Waals surface area contributed by atoms with Crippen LogP contribution in [0.3, 0.4) is 0 Å². The van der Waals surface area contributed by atoms with Crippen molar-refractivity contribution in [2.75, 3.05) is 0 Å². The van der Waals surface area contributed by atoms with E-state index in [-0.39, 0.29) is 12.3 Å². The van der Waals surface area contributed by atoms with E-state index in [1.54, 1.807) is 24.8 Å². The highest BCUT2D eigenvalue weighted by atomic mass is 16.4. The first-order chi connectivity index (χ1) is 8.75. The van der Waals surface area contributed by atoms with Gasteiger partial charge >= 0.3 is 5.97 Å². The lowest BCUT2D eigenvalue weighted by molar-refractivity contribution is -0.137. The van der Waals surface area contributed by atoms with Crippen molar-refractivity contribution in [3.63, 3.8) is 0 Å². The molecule has 0 aliphatic rings. The number of hydrogen-bond acceptors (Lipinski definition) is 3. The number of nitrogens with zero attached hydrogens (tertiary/aromatic N) is 2. The molecule has 1 atom stereocenters. The van der Waals surface area contributed by atoms with E-state index in [0.717, 1.165) is 11.1 Å². The average Bonchev–Trinajstić information content (AvgIpc) is 2.40. The predicted molar refractivity (Wildman–Crippen MR) is 67.2 cm³/mol. The van der Waals surface area contributed by atoms with Crippen molar-refractivity contribution in [1.82, 2.24) is 9.97 Å². The van der Waals surface area contributed by atoms with Gasteiger partial charge in [-0.1, -0.05) is 0 Å². The van der Waals surface area contributed by atoms with Gasteiger partial charge in [0.05, 0.1) is 6.42 Å². The van der Waals surface area contributed by atoms with E-state index in [1.165, 1.54) is 0 Å². The van der Waals surface area contributed by atoms with Crippen molar-refractivity contribution in [3.05, 3.63) is 60.2 Å². The summed E-state index contributed by atoms with van der Waals surface area (Å²) in [6.07, 6.45) is 7.64. The second-order valence-electron chi connectivity index (χ2n) is 4.13. The quantitative estimate of drug-likeness (QED) is 0.873. The molecule has 0 saturated carbocycles. The molecule has 0 bridgehead atoms. The predicted octanol–water partition coefficient (Wildman–Crippen LogP) is 2.28. The van der Waals surface area contributed by atoms with Crippen molar-refractivity contribution >= 4 is 5.97 Å². The number of aromatic nitrogens is 2. The number of carboxylic acids is 1. The van der Waals surface area contributed by atoms with Crippen LogP contribution in [0.1, 0.15) is 23.5 Å². The van der Waals surface area contributed by atoms with Crippen molar-refractivity contribution in [1.29, 1.82) is 0 Å². The SMILES string of the molecule is O=C(O)CC(Cc1ccncc1)c1ccncc1. The topological polar surface area (TPSA) is 63.1 Å². The maximum absolute atomic E-state index is 10.9. The van der Waals surface area contributed by atoms with E-state index in [9.17, 15) is 4.79 Å². The third kappa shape index (κ3) is 3.38. The molecule has 0 amide bonds. The van der Waals surface area contributed by atoms with Crippen molar-refractivity contribution in [2.45, 2.75) is 18.8 Å². The van der Waals surface area contributed by atoms with Crippen LogP contribution in [0.25, 0.3) is 0 Å². The summed E-state index contributed by atoms with van der Waals surface area (Å²) in [6, 6.07) is 7.57. The van der Waals surface area contributed by atoms with Gasteiger partial charge in [-0.15, -0.1) is 0 Å². The summed E-state index contributed by atoms with van der Waals surface area (Å²) in [6.45, 7) is 0. The monoisotopic (exact) mass is 242 g/mol. The van der Waals surface area contributed by atoms with Gasteiger partial charge in [-0.05, 0) is 47.7 Å². The lowest BCUT2D eigenvalue weighted by Gasteiger charge is -2.15. The second kappa shape index (κ2) is 5.91. The number of carbonyl (C=O) groups is 1. The molecule has 0 aromatic carbocycles. The number of carboxylic acid groups (broad SMARTS) is 1. The average molecular weight is 242 g/mol. The number of hydrogen-bond donors (Lipinski definition) is 1. The van der Waals surface area contributed by atoms with E-state index in [4.69, 9.17) is 5.11 Å². The minimum absolute atomic E-state index is 0.0344. The van der Waals surface area contributed by atoms with Crippen LogP contribution in [-0.4, -0.2) is 21.0 Å². The molecule has 1 N–H and O–H groups in total. The molecule has 0 fully saturated rings. The van der Waals surface area contributed by atoms with Crippen LogP contribution < -0.4 is 0 Å². The summed E-state index contributed by atoms with van der Waals surface area (Å²) in [4.78, 5) is 18.9.